The van der Waals surface area contributed by atoms with Crippen LogP contribution in [0.3, 0.4) is 0 Å². The van der Waals surface area contributed by atoms with Crippen LogP contribution in [0.25, 0.3) is 16.6 Å². The van der Waals surface area contributed by atoms with Crippen molar-refractivity contribution in [2.24, 2.45) is 4.99 Å². The average Bonchev–Trinajstić information content (AvgIpc) is 3.68. The van der Waals surface area contributed by atoms with E-state index in [-0.39, 0.29) is 11.4 Å². The second-order valence-electron chi connectivity index (χ2n) is 11.4. The van der Waals surface area contributed by atoms with Crippen molar-refractivity contribution >= 4 is 34.3 Å². The second kappa shape index (κ2) is 13.7. The number of aromatic hydroxyl groups is 1. The zero-order valence-electron chi connectivity index (χ0n) is 25.0. The lowest BCUT2D eigenvalue weighted by Gasteiger charge is -2.34. The zero-order chi connectivity index (χ0) is 30.5. The Balaban J connectivity index is 0.966. The van der Waals surface area contributed by atoms with Gasteiger partial charge in [0.05, 0.1) is 21.5 Å². The Morgan fingerprint density at radius 2 is 1.77 bits per heavy atom. The first kappa shape index (κ1) is 30.0. The SMILES string of the molecule is Cc1cn2c(c(NCCCN3CCN(CCCN=Cc4cc([N+](=O)[O-])ccc4O)CC3)nc3ccccc32)c1[C]1[CH][CH][CH][CH]1. The fourth-order valence-electron chi connectivity index (χ4n) is 6.07. The van der Waals surface area contributed by atoms with Crippen LogP contribution >= 0.6 is 0 Å². The number of hydrogen-bond donors (Lipinski definition) is 2. The molecule has 2 fully saturated rings. The summed E-state index contributed by atoms with van der Waals surface area (Å²) in [7, 11) is 0. The number of nitrogens with zero attached hydrogens (tertiary/aromatic N) is 6. The zero-order valence-corrected chi connectivity index (χ0v) is 25.0. The fourth-order valence-corrected chi connectivity index (χ4v) is 6.07. The number of benzene rings is 2. The number of aliphatic imine (C=N–C) groups is 1. The van der Waals surface area contributed by atoms with Gasteiger partial charge in [-0.15, -0.1) is 0 Å². The van der Waals surface area contributed by atoms with Crippen molar-refractivity contribution < 1.29 is 10.0 Å². The summed E-state index contributed by atoms with van der Waals surface area (Å²) < 4.78 is 2.28. The minimum atomic E-state index is -0.474. The molecule has 0 unspecified atom stereocenters. The molecule has 1 aliphatic carbocycles. The van der Waals surface area contributed by atoms with Gasteiger partial charge in [0.1, 0.15) is 5.75 Å². The highest BCUT2D eigenvalue weighted by Gasteiger charge is 2.26. The molecule has 1 aliphatic heterocycles. The monoisotopic (exact) mass is 592 g/mol. The molecule has 0 spiro atoms. The number of piperazine rings is 1. The Labute approximate surface area is 258 Å². The van der Waals surface area contributed by atoms with Gasteiger partial charge in [0, 0.05) is 75.3 Å². The molecule has 0 amide bonds. The minimum Gasteiger partial charge on any atom is -0.507 e. The summed E-state index contributed by atoms with van der Waals surface area (Å²) in [5.74, 6) is 2.15. The number of fused-ring (bicyclic) bond motifs is 3. The topological polar surface area (TPSA) is 112 Å². The summed E-state index contributed by atoms with van der Waals surface area (Å²) in [5.41, 5.74) is 6.01. The van der Waals surface area contributed by atoms with E-state index in [4.69, 9.17) is 4.98 Å². The van der Waals surface area contributed by atoms with Crippen LogP contribution in [0.5, 0.6) is 5.75 Å². The molecule has 2 aromatic carbocycles. The number of anilines is 1. The molecule has 6 rings (SSSR count). The third-order valence-corrected chi connectivity index (χ3v) is 8.37. The van der Waals surface area contributed by atoms with Crippen molar-refractivity contribution in [1.29, 1.82) is 0 Å². The van der Waals surface area contributed by atoms with Crippen LogP contribution in [-0.4, -0.2) is 87.8 Å². The van der Waals surface area contributed by atoms with Gasteiger partial charge < -0.3 is 24.6 Å². The highest BCUT2D eigenvalue weighted by atomic mass is 16.6. The van der Waals surface area contributed by atoms with Gasteiger partial charge in [-0.05, 0) is 87.9 Å². The van der Waals surface area contributed by atoms with Crippen LogP contribution in [0.4, 0.5) is 11.5 Å². The number of non-ortho nitro benzene ring substituents is 1. The van der Waals surface area contributed by atoms with Crippen molar-refractivity contribution in [3.05, 3.63) is 107 Å². The van der Waals surface area contributed by atoms with Gasteiger partial charge in [-0.1, -0.05) is 12.1 Å². The van der Waals surface area contributed by atoms with Gasteiger partial charge in [-0.3, -0.25) is 15.1 Å². The molecule has 1 saturated carbocycles. The number of phenols is 1. The van der Waals surface area contributed by atoms with E-state index in [2.05, 4.69) is 81.5 Å². The summed E-state index contributed by atoms with van der Waals surface area (Å²) >= 11 is 0. The first-order valence-electron chi connectivity index (χ1n) is 15.3. The third-order valence-electron chi connectivity index (χ3n) is 8.37. The van der Waals surface area contributed by atoms with E-state index in [1.807, 2.05) is 6.07 Å². The number of phenolic OH excluding ortho intramolecular Hbond substituents is 1. The summed E-state index contributed by atoms with van der Waals surface area (Å²) in [6, 6.07) is 12.3. The quantitative estimate of drug-likeness (QED) is 0.102. The van der Waals surface area contributed by atoms with Crippen molar-refractivity contribution in [2.75, 3.05) is 57.7 Å². The lowest BCUT2D eigenvalue weighted by Crippen LogP contribution is -2.47. The van der Waals surface area contributed by atoms with Crippen LogP contribution in [0.1, 0.15) is 29.5 Å². The fraction of sp³-hybridized carbons (Fsp3) is 0.324. The highest BCUT2D eigenvalue weighted by Crippen LogP contribution is 2.39. The molecule has 227 valence electrons. The smallest absolute Gasteiger partial charge is 0.270 e. The van der Waals surface area contributed by atoms with Gasteiger partial charge >= 0.3 is 0 Å². The van der Waals surface area contributed by atoms with E-state index < -0.39 is 4.92 Å². The number of nitro benzene ring substituents is 1. The number of aromatic nitrogens is 2. The number of nitro groups is 1. The maximum absolute atomic E-state index is 11.0. The summed E-state index contributed by atoms with van der Waals surface area (Å²) in [6.45, 7) is 9.78. The predicted molar refractivity (Wildman–Crippen MR) is 175 cm³/mol. The van der Waals surface area contributed by atoms with Crippen molar-refractivity contribution in [3.63, 3.8) is 0 Å². The number of rotatable bonds is 12. The number of aryl methyl sites for hydroxylation is 1. The largest absolute Gasteiger partial charge is 0.507 e. The molecule has 0 atom stereocenters. The third kappa shape index (κ3) is 6.71. The van der Waals surface area contributed by atoms with Crippen LogP contribution in [0.15, 0.2) is 53.7 Å². The van der Waals surface area contributed by atoms with Crippen molar-refractivity contribution in [1.82, 2.24) is 19.2 Å². The maximum Gasteiger partial charge on any atom is 0.270 e. The van der Waals surface area contributed by atoms with E-state index in [9.17, 15) is 15.2 Å². The van der Waals surface area contributed by atoms with Crippen molar-refractivity contribution in [3.8, 4) is 5.75 Å². The lowest BCUT2D eigenvalue weighted by molar-refractivity contribution is -0.384. The molecule has 2 aromatic heterocycles. The van der Waals surface area contributed by atoms with Gasteiger partial charge in [-0.2, -0.15) is 0 Å². The predicted octanol–water partition coefficient (Wildman–Crippen LogP) is 5.09. The molecular weight excluding hydrogens is 554 g/mol. The second-order valence-corrected chi connectivity index (χ2v) is 11.4. The van der Waals surface area contributed by atoms with E-state index in [0.717, 1.165) is 81.0 Å². The summed E-state index contributed by atoms with van der Waals surface area (Å²) in [4.78, 5) is 24.9. The molecule has 0 bridgehead atoms. The molecule has 1 saturated heterocycles. The normalized spacial score (nSPS) is 16.9. The van der Waals surface area contributed by atoms with Crippen LogP contribution in [0, 0.1) is 48.6 Å². The molecule has 10 heteroatoms. The highest BCUT2D eigenvalue weighted by molar-refractivity contribution is 5.89. The minimum absolute atomic E-state index is 0.00452. The molecule has 4 aromatic rings. The molecular formula is C34H38N7O3. The van der Waals surface area contributed by atoms with Gasteiger partial charge in [0.2, 0.25) is 0 Å². The molecule has 2 aliphatic rings. The summed E-state index contributed by atoms with van der Waals surface area (Å²) in [5, 5.41) is 24.6. The molecule has 5 radical (unpaired) electrons. The average molecular weight is 593 g/mol. The van der Waals surface area contributed by atoms with E-state index >= 15 is 0 Å². The van der Waals surface area contributed by atoms with Gasteiger partial charge in [0.25, 0.3) is 5.69 Å². The Bertz CT molecular complexity index is 1640. The van der Waals surface area contributed by atoms with Gasteiger partial charge in [0.15, 0.2) is 5.82 Å². The van der Waals surface area contributed by atoms with Crippen LogP contribution in [0.2, 0.25) is 0 Å². The van der Waals surface area contributed by atoms with Crippen LogP contribution < -0.4 is 5.32 Å². The molecule has 44 heavy (non-hydrogen) atoms. The Hall–Kier alpha value is -4.02. The Kier molecular flexibility index (Phi) is 9.37. The Morgan fingerprint density at radius 1 is 1.05 bits per heavy atom. The first-order chi connectivity index (χ1) is 21.5. The number of para-hydroxylation sites is 2. The number of nitrogens with one attached hydrogen (secondary N) is 1. The Morgan fingerprint density at radius 3 is 2.52 bits per heavy atom. The van der Waals surface area contributed by atoms with E-state index in [1.54, 1.807) is 0 Å². The van der Waals surface area contributed by atoms with E-state index in [1.165, 1.54) is 41.5 Å². The number of hydrogen-bond acceptors (Lipinski definition) is 8. The standard InChI is InChI=1S/C34H38N7O3/c1-25-24-40-30-11-5-4-10-29(30)37-34(33(40)32(25)26-8-2-3-9-26)36-15-7-17-39-20-18-38(19-21-39)16-6-14-35-23-27-22-28(41(43)44)12-13-31(27)42/h2-5,8-13,22-24,42H,6-7,14-21H2,1H3,(H,36,37). The maximum atomic E-state index is 11.0. The van der Waals surface area contributed by atoms with Crippen molar-refractivity contribution in [2.45, 2.75) is 19.8 Å². The molecule has 2 N–H and O–H groups in total. The first-order valence-corrected chi connectivity index (χ1v) is 15.3. The molecule has 10 nitrogen and oxygen atoms in total. The summed E-state index contributed by atoms with van der Waals surface area (Å²) in [6.07, 6.45) is 14.2. The lowest BCUT2D eigenvalue weighted by atomic mass is 9.95. The molecule has 3 heterocycles. The van der Waals surface area contributed by atoms with Crippen LogP contribution in [-0.2, 0) is 0 Å². The van der Waals surface area contributed by atoms with E-state index in [0.29, 0.717) is 12.1 Å². The van der Waals surface area contributed by atoms with Gasteiger partial charge in [-0.25, -0.2) is 4.98 Å².